The topological polar surface area (TPSA) is 113 Å². The molecule has 0 aliphatic heterocycles. The number of nitro benzene ring substituents is 1. The third-order valence-corrected chi connectivity index (χ3v) is 4.27. The summed E-state index contributed by atoms with van der Waals surface area (Å²) < 4.78 is 0. The van der Waals surface area contributed by atoms with Gasteiger partial charge in [-0.1, -0.05) is 30.3 Å². The Kier molecular flexibility index (Phi) is 4.81. The molecule has 0 aliphatic rings. The molecule has 0 saturated heterocycles. The SMILES string of the molecule is O=C(N/N=C\c1ccccc1)c1ccc2nc(-c3ccc([N+](=O)[O-])cc3)[nH]c2c1. The van der Waals surface area contributed by atoms with E-state index >= 15 is 0 Å². The van der Waals surface area contributed by atoms with Crippen molar-refractivity contribution in [2.45, 2.75) is 0 Å². The Morgan fingerprint density at radius 2 is 1.83 bits per heavy atom. The van der Waals surface area contributed by atoms with Gasteiger partial charge >= 0.3 is 0 Å². The van der Waals surface area contributed by atoms with Gasteiger partial charge in [0.15, 0.2) is 0 Å². The third-order valence-electron chi connectivity index (χ3n) is 4.27. The minimum Gasteiger partial charge on any atom is -0.338 e. The molecule has 29 heavy (non-hydrogen) atoms. The number of aromatic nitrogens is 2. The van der Waals surface area contributed by atoms with Gasteiger partial charge in [-0.3, -0.25) is 14.9 Å². The van der Waals surface area contributed by atoms with Crippen molar-refractivity contribution in [1.82, 2.24) is 15.4 Å². The molecule has 1 aromatic heterocycles. The molecule has 2 N–H and O–H groups in total. The minimum absolute atomic E-state index is 0.0138. The molecule has 0 fully saturated rings. The van der Waals surface area contributed by atoms with Gasteiger partial charge in [0.2, 0.25) is 0 Å². The smallest absolute Gasteiger partial charge is 0.271 e. The number of imidazole rings is 1. The number of carbonyl (C=O) groups excluding carboxylic acids is 1. The Hall–Kier alpha value is -4.33. The standard InChI is InChI=1S/C21H15N5O3/c27-21(25-22-13-14-4-2-1-3-5-14)16-8-11-18-19(12-16)24-20(23-18)15-6-9-17(10-7-15)26(28)29/h1-13H,(H,23,24)(H,25,27)/b22-13-. The lowest BCUT2D eigenvalue weighted by molar-refractivity contribution is -0.384. The number of rotatable bonds is 5. The zero-order chi connectivity index (χ0) is 20.2. The number of hydrogen-bond acceptors (Lipinski definition) is 5. The number of non-ortho nitro benzene ring substituents is 1. The Morgan fingerprint density at radius 3 is 2.55 bits per heavy atom. The lowest BCUT2D eigenvalue weighted by atomic mass is 10.2. The van der Waals surface area contributed by atoms with Crippen molar-refractivity contribution < 1.29 is 9.72 Å². The first kappa shape index (κ1) is 18.1. The monoisotopic (exact) mass is 385 g/mol. The highest BCUT2D eigenvalue weighted by atomic mass is 16.6. The first-order valence-corrected chi connectivity index (χ1v) is 8.73. The summed E-state index contributed by atoms with van der Waals surface area (Å²) in [6, 6.07) is 20.6. The van der Waals surface area contributed by atoms with Crippen LogP contribution < -0.4 is 5.43 Å². The van der Waals surface area contributed by atoms with Crippen molar-refractivity contribution in [3.05, 3.63) is 94.0 Å². The highest BCUT2D eigenvalue weighted by molar-refractivity contribution is 5.98. The summed E-state index contributed by atoms with van der Waals surface area (Å²) in [6.07, 6.45) is 1.57. The fourth-order valence-corrected chi connectivity index (χ4v) is 2.80. The van der Waals surface area contributed by atoms with E-state index in [-0.39, 0.29) is 11.6 Å². The summed E-state index contributed by atoms with van der Waals surface area (Å²) in [5.74, 6) is 0.222. The van der Waals surface area contributed by atoms with Gasteiger partial charge < -0.3 is 4.98 Å². The zero-order valence-corrected chi connectivity index (χ0v) is 15.1. The number of H-pyrrole nitrogens is 1. The van der Waals surface area contributed by atoms with Gasteiger partial charge in [0, 0.05) is 23.3 Å². The van der Waals surface area contributed by atoms with Crippen molar-refractivity contribution in [2.75, 3.05) is 0 Å². The molecule has 8 heteroatoms. The number of fused-ring (bicyclic) bond motifs is 1. The lowest BCUT2D eigenvalue weighted by Gasteiger charge is -1.99. The summed E-state index contributed by atoms with van der Waals surface area (Å²) >= 11 is 0. The second-order valence-electron chi connectivity index (χ2n) is 6.23. The predicted molar refractivity (Wildman–Crippen MR) is 110 cm³/mol. The van der Waals surface area contributed by atoms with Crippen LogP contribution in [0.4, 0.5) is 5.69 Å². The number of aromatic amines is 1. The molecule has 1 heterocycles. The molecule has 0 bridgehead atoms. The number of nitrogens with one attached hydrogen (secondary N) is 2. The van der Waals surface area contributed by atoms with E-state index in [9.17, 15) is 14.9 Å². The van der Waals surface area contributed by atoms with Crippen LogP contribution in [0.5, 0.6) is 0 Å². The largest absolute Gasteiger partial charge is 0.338 e. The number of nitrogens with zero attached hydrogens (tertiary/aromatic N) is 3. The quantitative estimate of drug-likeness (QED) is 0.308. The van der Waals surface area contributed by atoms with Crippen LogP contribution in [0.25, 0.3) is 22.4 Å². The summed E-state index contributed by atoms with van der Waals surface area (Å²) in [6.45, 7) is 0. The van der Waals surface area contributed by atoms with E-state index in [1.165, 1.54) is 12.1 Å². The molecule has 0 atom stereocenters. The van der Waals surface area contributed by atoms with E-state index in [1.54, 1.807) is 36.5 Å². The molecule has 0 saturated carbocycles. The van der Waals surface area contributed by atoms with Crippen LogP contribution in [-0.2, 0) is 0 Å². The fourth-order valence-electron chi connectivity index (χ4n) is 2.80. The minimum atomic E-state index is -0.451. The van der Waals surface area contributed by atoms with E-state index < -0.39 is 4.92 Å². The first-order chi connectivity index (χ1) is 14.1. The fraction of sp³-hybridized carbons (Fsp3) is 0. The molecule has 0 radical (unpaired) electrons. The molecule has 0 unspecified atom stereocenters. The van der Waals surface area contributed by atoms with Crippen molar-refractivity contribution >= 4 is 28.8 Å². The summed E-state index contributed by atoms with van der Waals surface area (Å²) in [5.41, 5.74) is 5.90. The maximum Gasteiger partial charge on any atom is 0.271 e. The second kappa shape index (κ2) is 7.73. The van der Waals surface area contributed by atoms with Crippen LogP contribution in [0.2, 0.25) is 0 Å². The molecule has 142 valence electrons. The van der Waals surface area contributed by atoms with Gasteiger partial charge in [-0.05, 0) is 35.9 Å². The Balaban J connectivity index is 1.52. The lowest BCUT2D eigenvalue weighted by Crippen LogP contribution is -2.17. The van der Waals surface area contributed by atoms with Crippen molar-refractivity contribution in [1.29, 1.82) is 0 Å². The van der Waals surface area contributed by atoms with Gasteiger partial charge in [0.25, 0.3) is 11.6 Å². The summed E-state index contributed by atoms with van der Waals surface area (Å²) in [4.78, 5) is 30.3. The van der Waals surface area contributed by atoms with Crippen molar-refractivity contribution in [3.63, 3.8) is 0 Å². The Morgan fingerprint density at radius 1 is 1.07 bits per heavy atom. The second-order valence-corrected chi connectivity index (χ2v) is 6.23. The van der Waals surface area contributed by atoms with Gasteiger partial charge in [0.05, 0.1) is 22.2 Å². The van der Waals surface area contributed by atoms with Crippen LogP contribution >= 0.6 is 0 Å². The molecule has 0 aliphatic carbocycles. The van der Waals surface area contributed by atoms with Crippen LogP contribution in [0, 0.1) is 10.1 Å². The number of nitro groups is 1. The maximum absolute atomic E-state index is 12.3. The van der Waals surface area contributed by atoms with Gasteiger partial charge in [0.1, 0.15) is 5.82 Å². The van der Waals surface area contributed by atoms with Crippen LogP contribution in [-0.4, -0.2) is 27.0 Å². The molecule has 4 aromatic rings. The normalized spacial score (nSPS) is 11.0. The van der Waals surface area contributed by atoms with E-state index in [4.69, 9.17) is 0 Å². The number of carbonyl (C=O) groups is 1. The molecule has 8 nitrogen and oxygen atoms in total. The average molecular weight is 385 g/mol. The molecular weight excluding hydrogens is 370 g/mol. The van der Waals surface area contributed by atoms with Gasteiger partial charge in [-0.15, -0.1) is 0 Å². The summed E-state index contributed by atoms with van der Waals surface area (Å²) in [5, 5.41) is 14.7. The molecule has 3 aromatic carbocycles. The maximum atomic E-state index is 12.3. The van der Waals surface area contributed by atoms with Crippen LogP contribution in [0.1, 0.15) is 15.9 Å². The van der Waals surface area contributed by atoms with Crippen LogP contribution in [0.15, 0.2) is 77.9 Å². The highest BCUT2D eigenvalue weighted by Crippen LogP contribution is 2.23. The number of benzene rings is 3. The van der Waals surface area contributed by atoms with Crippen molar-refractivity contribution in [3.8, 4) is 11.4 Å². The highest BCUT2D eigenvalue weighted by Gasteiger charge is 2.11. The number of amides is 1. The van der Waals surface area contributed by atoms with E-state index in [1.807, 2.05) is 30.3 Å². The molecular formula is C21H15N5O3. The number of hydrazone groups is 1. The van der Waals surface area contributed by atoms with Crippen molar-refractivity contribution in [2.24, 2.45) is 5.10 Å². The van der Waals surface area contributed by atoms with E-state index in [0.717, 1.165) is 5.56 Å². The zero-order valence-electron chi connectivity index (χ0n) is 15.1. The Bertz CT molecular complexity index is 1210. The predicted octanol–water partition coefficient (Wildman–Crippen LogP) is 3.90. The first-order valence-electron chi connectivity index (χ1n) is 8.73. The molecule has 1 amide bonds. The van der Waals surface area contributed by atoms with Gasteiger partial charge in [-0.2, -0.15) is 5.10 Å². The summed E-state index contributed by atoms with van der Waals surface area (Å²) in [7, 11) is 0. The van der Waals surface area contributed by atoms with E-state index in [0.29, 0.717) is 28.0 Å². The molecule has 0 spiro atoms. The van der Waals surface area contributed by atoms with E-state index in [2.05, 4.69) is 20.5 Å². The van der Waals surface area contributed by atoms with Crippen LogP contribution in [0.3, 0.4) is 0 Å². The molecule has 4 rings (SSSR count). The average Bonchev–Trinajstić information content (AvgIpc) is 3.18. The van der Waals surface area contributed by atoms with Gasteiger partial charge in [-0.25, -0.2) is 10.4 Å². The third kappa shape index (κ3) is 4.01. The number of hydrogen-bond donors (Lipinski definition) is 2. The Labute approximate surface area is 165 Å².